The van der Waals surface area contributed by atoms with Crippen molar-refractivity contribution in [1.82, 2.24) is 4.90 Å². The number of hydrogen-bond donors (Lipinski definition) is 1. The lowest BCUT2D eigenvalue weighted by atomic mass is 9.89. The Labute approximate surface area is 214 Å². The molecule has 3 aromatic rings. The number of non-ortho nitro benzene ring substituents is 1. The zero-order valence-corrected chi connectivity index (χ0v) is 20.7. The van der Waals surface area contributed by atoms with Gasteiger partial charge < -0.3 is 15.0 Å². The number of ether oxygens (including phenoxy) is 1. The summed E-state index contributed by atoms with van der Waals surface area (Å²) >= 11 is 0. The highest BCUT2D eigenvalue weighted by atomic mass is 19.1. The molecule has 1 N–H and O–H groups in total. The van der Waals surface area contributed by atoms with Crippen LogP contribution in [0.2, 0.25) is 0 Å². The van der Waals surface area contributed by atoms with Crippen LogP contribution >= 0.6 is 0 Å². The summed E-state index contributed by atoms with van der Waals surface area (Å²) < 4.78 is 19.4. The highest BCUT2D eigenvalue weighted by molar-refractivity contribution is 5.95. The third kappa shape index (κ3) is 6.49. The number of likely N-dealkylation sites (tertiary alicyclic amines) is 1. The van der Waals surface area contributed by atoms with Gasteiger partial charge in [0.15, 0.2) is 6.61 Å². The Morgan fingerprint density at radius 1 is 1.05 bits per heavy atom. The number of hydrogen-bond acceptors (Lipinski definition) is 5. The lowest BCUT2D eigenvalue weighted by Crippen LogP contribution is -2.38. The van der Waals surface area contributed by atoms with Crippen LogP contribution in [0.25, 0.3) is 0 Å². The van der Waals surface area contributed by atoms with Gasteiger partial charge in [0.05, 0.1) is 11.0 Å². The molecule has 37 heavy (non-hydrogen) atoms. The van der Waals surface area contributed by atoms with Crippen LogP contribution in [0.1, 0.15) is 45.8 Å². The minimum absolute atomic E-state index is 0.0215. The number of nitrogens with one attached hydrogen (secondary N) is 1. The molecule has 192 valence electrons. The molecule has 1 aliphatic heterocycles. The van der Waals surface area contributed by atoms with Gasteiger partial charge in [-0.15, -0.1) is 0 Å². The van der Waals surface area contributed by atoms with Crippen molar-refractivity contribution in [2.45, 2.75) is 32.6 Å². The summed E-state index contributed by atoms with van der Waals surface area (Å²) in [5.41, 5.74) is 3.32. The number of halogens is 1. The minimum atomic E-state index is -0.809. The van der Waals surface area contributed by atoms with Crippen molar-refractivity contribution in [2.75, 3.05) is 25.0 Å². The van der Waals surface area contributed by atoms with E-state index in [4.69, 9.17) is 4.74 Å². The first-order chi connectivity index (χ1) is 17.7. The van der Waals surface area contributed by atoms with E-state index in [0.29, 0.717) is 37.4 Å². The SMILES string of the molecule is Cc1ccc(C)c(OCC(=O)Nc2ccc(C3CCN(C(=O)c4cc(F)cc([N+](=O)[O-])c4)CC3)cc2)c1. The van der Waals surface area contributed by atoms with Crippen molar-refractivity contribution >= 4 is 23.2 Å². The Kier molecular flexibility index (Phi) is 7.81. The van der Waals surface area contributed by atoms with Gasteiger partial charge in [-0.05, 0) is 73.6 Å². The van der Waals surface area contributed by atoms with E-state index in [-0.39, 0.29) is 24.0 Å². The molecule has 0 bridgehead atoms. The van der Waals surface area contributed by atoms with Crippen molar-refractivity contribution in [2.24, 2.45) is 0 Å². The average molecular weight is 506 g/mol. The van der Waals surface area contributed by atoms with Gasteiger partial charge in [-0.3, -0.25) is 19.7 Å². The molecule has 4 rings (SSSR count). The number of rotatable bonds is 7. The smallest absolute Gasteiger partial charge is 0.273 e. The summed E-state index contributed by atoms with van der Waals surface area (Å²) in [5, 5.41) is 13.8. The molecule has 8 nitrogen and oxygen atoms in total. The second-order valence-corrected chi connectivity index (χ2v) is 9.25. The molecule has 9 heteroatoms. The molecule has 0 unspecified atom stereocenters. The fourth-order valence-corrected chi connectivity index (χ4v) is 4.44. The van der Waals surface area contributed by atoms with Gasteiger partial charge >= 0.3 is 0 Å². The van der Waals surface area contributed by atoms with Crippen molar-refractivity contribution in [3.63, 3.8) is 0 Å². The van der Waals surface area contributed by atoms with Gasteiger partial charge in [0.25, 0.3) is 17.5 Å². The molecule has 0 aliphatic carbocycles. The predicted molar refractivity (Wildman–Crippen MR) is 137 cm³/mol. The predicted octanol–water partition coefficient (Wildman–Crippen LogP) is 5.39. The van der Waals surface area contributed by atoms with Crippen LogP contribution in [0, 0.1) is 29.8 Å². The van der Waals surface area contributed by atoms with Gasteiger partial charge in [-0.1, -0.05) is 24.3 Å². The van der Waals surface area contributed by atoms with E-state index in [2.05, 4.69) is 5.32 Å². The lowest BCUT2D eigenvalue weighted by molar-refractivity contribution is -0.385. The summed E-state index contributed by atoms with van der Waals surface area (Å²) in [7, 11) is 0. The molecule has 1 heterocycles. The number of anilines is 1. The molecular weight excluding hydrogens is 477 g/mol. The van der Waals surface area contributed by atoms with E-state index in [1.165, 1.54) is 0 Å². The number of piperidine rings is 1. The standard InChI is InChI=1S/C28H28FN3O5/c1-18-3-4-19(2)26(13-18)37-17-27(33)30-24-7-5-20(6-8-24)21-9-11-31(12-10-21)28(34)22-14-23(29)16-25(15-22)32(35)36/h3-8,13-16,21H,9-12,17H2,1-2H3,(H,30,33). The second-order valence-electron chi connectivity index (χ2n) is 9.25. The highest BCUT2D eigenvalue weighted by Crippen LogP contribution is 2.30. The summed E-state index contributed by atoms with van der Waals surface area (Å²) in [6.45, 7) is 4.73. The van der Waals surface area contributed by atoms with Crippen LogP contribution in [0.4, 0.5) is 15.8 Å². The van der Waals surface area contributed by atoms with E-state index in [1.807, 2.05) is 56.3 Å². The van der Waals surface area contributed by atoms with Crippen molar-refractivity contribution < 1.29 is 23.6 Å². The maximum absolute atomic E-state index is 13.8. The first-order valence-electron chi connectivity index (χ1n) is 12.0. The molecule has 0 radical (unpaired) electrons. The van der Waals surface area contributed by atoms with Gasteiger partial charge in [0, 0.05) is 30.4 Å². The van der Waals surface area contributed by atoms with Crippen LogP contribution < -0.4 is 10.1 Å². The van der Waals surface area contributed by atoms with Crippen LogP contribution in [0.15, 0.2) is 60.7 Å². The third-order valence-electron chi connectivity index (χ3n) is 6.49. The van der Waals surface area contributed by atoms with E-state index >= 15 is 0 Å². The maximum atomic E-state index is 13.8. The molecule has 2 amide bonds. The Morgan fingerprint density at radius 3 is 2.43 bits per heavy atom. The Balaban J connectivity index is 1.29. The summed E-state index contributed by atoms with van der Waals surface area (Å²) in [6.07, 6.45) is 1.41. The van der Waals surface area contributed by atoms with Crippen LogP contribution in [0.5, 0.6) is 5.75 Å². The number of nitro benzene ring substituents is 1. The highest BCUT2D eigenvalue weighted by Gasteiger charge is 2.26. The van der Waals surface area contributed by atoms with Crippen LogP contribution in [0.3, 0.4) is 0 Å². The van der Waals surface area contributed by atoms with E-state index in [9.17, 15) is 24.1 Å². The van der Waals surface area contributed by atoms with Crippen molar-refractivity contribution in [3.05, 3.63) is 98.8 Å². The molecular formula is C28H28FN3O5. The topological polar surface area (TPSA) is 102 Å². The fraction of sp³-hybridized carbons (Fsp3) is 0.286. The normalized spacial score (nSPS) is 13.8. The molecule has 0 saturated carbocycles. The number of aryl methyl sites for hydroxylation is 2. The Bertz CT molecular complexity index is 1320. The minimum Gasteiger partial charge on any atom is -0.483 e. The molecule has 3 aromatic carbocycles. The third-order valence-corrected chi connectivity index (χ3v) is 6.49. The monoisotopic (exact) mass is 505 g/mol. The zero-order valence-electron chi connectivity index (χ0n) is 20.7. The van der Waals surface area contributed by atoms with Crippen molar-refractivity contribution in [3.8, 4) is 5.75 Å². The Morgan fingerprint density at radius 2 is 1.76 bits per heavy atom. The number of nitrogens with zero attached hydrogens (tertiary/aromatic N) is 2. The molecule has 1 aliphatic rings. The number of carbonyl (C=O) groups is 2. The second kappa shape index (κ2) is 11.2. The number of nitro groups is 1. The van der Waals surface area contributed by atoms with E-state index in [0.717, 1.165) is 34.9 Å². The molecule has 0 aromatic heterocycles. The zero-order chi connectivity index (χ0) is 26.5. The first-order valence-corrected chi connectivity index (χ1v) is 12.0. The van der Waals surface area contributed by atoms with Gasteiger partial charge in [-0.2, -0.15) is 0 Å². The number of carbonyl (C=O) groups excluding carboxylic acids is 2. The van der Waals surface area contributed by atoms with Crippen LogP contribution in [-0.4, -0.2) is 41.3 Å². The summed E-state index contributed by atoms with van der Waals surface area (Å²) in [6, 6.07) is 16.4. The largest absolute Gasteiger partial charge is 0.483 e. The maximum Gasteiger partial charge on any atom is 0.273 e. The quantitative estimate of drug-likeness (QED) is 0.343. The number of benzene rings is 3. The molecule has 1 fully saturated rings. The van der Waals surface area contributed by atoms with Gasteiger partial charge in [0.2, 0.25) is 0 Å². The molecule has 0 spiro atoms. The summed E-state index contributed by atoms with van der Waals surface area (Å²) in [4.78, 5) is 37.0. The number of amides is 2. The van der Waals surface area contributed by atoms with Gasteiger partial charge in [-0.25, -0.2) is 4.39 Å². The van der Waals surface area contributed by atoms with Gasteiger partial charge in [0.1, 0.15) is 11.6 Å². The molecule has 0 atom stereocenters. The fourth-order valence-electron chi connectivity index (χ4n) is 4.44. The Hall–Kier alpha value is -4.27. The van der Waals surface area contributed by atoms with E-state index < -0.39 is 22.3 Å². The van der Waals surface area contributed by atoms with Crippen molar-refractivity contribution in [1.29, 1.82) is 0 Å². The average Bonchev–Trinajstić information content (AvgIpc) is 2.89. The summed E-state index contributed by atoms with van der Waals surface area (Å²) in [5.74, 6) is -0.564. The molecule has 1 saturated heterocycles. The van der Waals surface area contributed by atoms with Crippen LogP contribution in [-0.2, 0) is 4.79 Å². The van der Waals surface area contributed by atoms with E-state index in [1.54, 1.807) is 4.90 Å². The first kappa shape index (κ1) is 25.8. The lowest BCUT2D eigenvalue weighted by Gasteiger charge is -2.32.